The van der Waals surface area contributed by atoms with Gasteiger partial charge >= 0.3 is 0 Å². The monoisotopic (exact) mass is 254 g/mol. The number of nitrogens with zero attached hydrogens (tertiary/aromatic N) is 1. The van der Waals surface area contributed by atoms with E-state index in [-0.39, 0.29) is 6.79 Å². The Morgan fingerprint density at radius 3 is 3.00 bits per heavy atom. The Morgan fingerprint density at radius 2 is 2.16 bits per heavy atom. The first-order chi connectivity index (χ1) is 9.38. The van der Waals surface area contributed by atoms with E-state index < -0.39 is 0 Å². The maximum Gasteiger partial charge on any atom is 0.231 e. The van der Waals surface area contributed by atoms with Gasteiger partial charge < -0.3 is 14.8 Å². The molecule has 0 bridgehead atoms. The van der Waals surface area contributed by atoms with Crippen molar-refractivity contribution in [2.24, 2.45) is 0 Å². The maximum absolute atomic E-state index is 5.40. The molecule has 0 atom stereocenters. The quantitative estimate of drug-likeness (QED) is 0.673. The van der Waals surface area contributed by atoms with E-state index in [0.29, 0.717) is 0 Å². The van der Waals surface area contributed by atoms with Gasteiger partial charge in [0.2, 0.25) is 6.79 Å². The molecule has 0 aliphatic carbocycles. The zero-order chi connectivity index (χ0) is 13.1. The van der Waals surface area contributed by atoms with Crippen LogP contribution in [0.1, 0.15) is 12.8 Å². The summed E-state index contributed by atoms with van der Waals surface area (Å²) in [5.41, 5.74) is 0. The minimum Gasteiger partial charge on any atom is -0.454 e. The second-order valence-electron chi connectivity index (χ2n) is 4.32. The predicted octanol–water partition coefficient (Wildman–Crippen LogP) is 2.79. The Kier molecular flexibility index (Phi) is 3.11. The Bertz CT molecular complexity index is 646. The summed E-state index contributed by atoms with van der Waals surface area (Å²) in [4.78, 5) is 4.37. The van der Waals surface area contributed by atoms with Crippen molar-refractivity contribution in [3.63, 3.8) is 0 Å². The van der Waals surface area contributed by atoms with Crippen molar-refractivity contribution in [1.82, 2.24) is 4.98 Å². The van der Waals surface area contributed by atoms with Crippen LogP contribution in [0.2, 0.25) is 0 Å². The Balaban J connectivity index is 1.90. The van der Waals surface area contributed by atoms with Crippen LogP contribution in [0.25, 0.3) is 10.8 Å². The van der Waals surface area contributed by atoms with Gasteiger partial charge in [0.1, 0.15) is 5.82 Å². The van der Waals surface area contributed by atoms with Gasteiger partial charge in [-0.25, -0.2) is 4.98 Å². The summed E-state index contributed by atoms with van der Waals surface area (Å²) in [6.45, 7) is 1.09. The molecule has 1 aromatic carbocycles. The highest BCUT2D eigenvalue weighted by Crippen LogP contribution is 2.37. The summed E-state index contributed by atoms with van der Waals surface area (Å²) in [7, 11) is 0. The van der Waals surface area contributed by atoms with Crippen LogP contribution in [-0.4, -0.2) is 18.3 Å². The molecule has 0 saturated carbocycles. The van der Waals surface area contributed by atoms with Crippen molar-refractivity contribution in [2.75, 3.05) is 18.7 Å². The molecule has 2 heterocycles. The molecule has 0 saturated heterocycles. The van der Waals surface area contributed by atoms with Gasteiger partial charge in [-0.3, -0.25) is 0 Å². The van der Waals surface area contributed by atoms with Crippen LogP contribution in [0.4, 0.5) is 5.82 Å². The number of benzene rings is 1. The van der Waals surface area contributed by atoms with Gasteiger partial charge in [-0.2, -0.15) is 0 Å². The smallest absolute Gasteiger partial charge is 0.231 e. The molecule has 0 spiro atoms. The van der Waals surface area contributed by atoms with Gasteiger partial charge in [-0.05, 0) is 30.0 Å². The first-order valence-electron chi connectivity index (χ1n) is 6.24. The van der Waals surface area contributed by atoms with Crippen LogP contribution in [0.15, 0.2) is 24.4 Å². The Labute approximate surface area is 111 Å². The predicted molar refractivity (Wildman–Crippen MR) is 74.4 cm³/mol. The summed E-state index contributed by atoms with van der Waals surface area (Å²) >= 11 is 0. The summed E-state index contributed by atoms with van der Waals surface area (Å²) in [6.07, 6.45) is 8.72. The van der Waals surface area contributed by atoms with E-state index in [0.717, 1.165) is 47.5 Å². The van der Waals surface area contributed by atoms with Crippen molar-refractivity contribution in [1.29, 1.82) is 0 Å². The molecule has 96 valence electrons. The molecule has 1 aliphatic heterocycles. The molecule has 1 aliphatic rings. The third kappa shape index (κ3) is 2.27. The number of terminal acetylenes is 1. The van der Waals surface area contributed by atoms with Crippen LogP contribution >= 0.6 is 0 Å². The topological polar surface area (TPSA) is 43.4 Å². The minimum absolute atomic E-state index is 0.282. The summed E-state index contributed by atoms with van der Waals surface area (Å²) in [6, 6.07) is 5.91. The van der Waals surface area contributed by atoms with Crippen molar-refractivity contribution >= 4 is 16.6 Å². The fourth-order valence-corrected chi connectivity index (χ4v) is 2.10. The zero-order valence-corrected chi connectivity index (χ0v) is 10.5. The third-order valence-corrected chi connectivity index (χ3v) is 3.05. The van der Waals surface area contributed by atoms with Crippen molar-refractivity contribution in [3.05, 3.63) is 24.4 Å². The van der Waals surface area contributed by atoms with Gasteiger partial charge in [0.15, 0.2) is 11.5 Å². The molecule has 1 aromatic heterocycles. The second-order valence-corrected chi connectivity index (χ2v) is 4.32. The second kappa shape index (κ2) is 5.07. The Morgan fingerprint density at radius 1 is 1.32 bits per heavy atom. The number of hydrogen-bond acceptors (Lipinski definition) is 4. The molecule has 0 fully saturated rings. The normalized spacial score (nSPS) is 12.4. The van der Waals surface area contributed by atoms with Gasteiger partial charge in [-0.15, -0.1) is 12.3 Å². The van der Waals surface area contributed by atoms with E-state index >= 15 is 0 Å². The number of anilines is 1. The molecule has 4 heteroatoms. The largest absolute Gasteiger partial charge is 0.454 e. The molecule has 2 aromatic rings. The number of aromatic nitrogens is 1. The number of rotatable bonds is 4. The average Bonchev–Trinajstić information content (AvgIpc) is 2.88. The first kappa shape index (κ1) is 11.7. The SMILES string of the molecule is C#CCCCNc1nccc2cc3c(cc12)OCO3. The van der Waals surface area contributed by atoms with E-state index in [2.05, 4.69) is 16.2 Å². The number of nitrogens with one attached hydrogen (secondary N) is 1. The van der Waals surface area contributed by atoms with Gasteiger partial charge in [-0.1, -0.05) is 0 Å². The van der Waals surface area contributed by atoms with Crippen molar-refractivity contribution < 1.29 is 9.47 Å². The standard InChI is InChI=1S/C15H14N2O2/c1-2-3-4-6-16-15-12-9-14-13(18-10-19-14)8-11(12)5-7-17-15/h1,5,7-9H,3-4,6,10H2,(H,16,17). The zero-order valence-electron chi connectivity index (χ0n) is 10.5. The highest BCUT2D eigenvalue weighted by molar-refractivity contribution is 5.94. The van der Waals surface area contributed by atoms with Gasteiger partial charge in [0, 0.05) is 24.5 Å². The number of fused-ring (bicyclic) bond motifs is 2. The van der Waals surface area contributed by atoms with E-state index in [9.17, 15) is 0 Å². The minimum atomic E-state index is 0.282. The number of pyridine rings is 1. The molecule has 19 heavy (non-hydrogen) atoms. The van der Waals surface area contributed by atoms with Gasteiger partial charge in [0.25, 0.3) is 0 Å². The van der Waals surface area contributed by atoms with Gasteiger partial charge in [0.05, 0.1) is 0 Å². The molecule has 0 radical (unpaired) electrons. The highest BCUT2D eigenvalue weighted by atomic mass is 16.7. The van der Waals surface area contributed by atoms with Crippen molar-refractivity contribution in [2.45, 2.75) is 12.8 Å². The van der Waals surface area contributed by atoms with E-state index in [1.54, 1.807) is 6.20 Å². The van der Waals surface area contributed by atoms with Crippen LogP contribution in [-0.2, 0) is 0 Å². The lowest BCUT2D eigenvalue weighted by atomic mass is 10.1. The lowest BCUT2D eigenvalue weighted by Gasteiger charge is -2.08. The number of unbranched alkanes of at least 4 members (excludes halogenated alkanes) is 1. The molecule has 4 nitrogen and oxygen atoms in total. The molecule has 3 rings (SSSR count). The molecule has 0 unspecified atom stereocenters. The maximum atomic E-state index is 5.40. The van der Waals surface area contributed by atoms with E-state index in [1.165, 1.54) is 0 Å². The molecule has 1 N–H and O–H groups in total. The van der Waals surface area contributed by atoms with Crippen LogP contribution < -0.4 is 14.8 Å². The molecule has 0 amide bonds. The fraction of sp³-hybridized carbons (Fsp3) is 0.267. The Hall–Kier alpha value is -2.41. The first-order valence-corrected chi connectivity index (χ1v) is 6.24. The fourth-order valence-electron chi connectivity index (χ4n) is 2.10. The van der Waals surface area contributed by atoms with Crippen LogP contribution in [0.3, 0.4) is 0 Å². The average molecular weight is 254 g/mol. The van der Waals surface area contributed by atoms with Crippen molar-refractivity contribution in [3.8, 4) is 23.8 Å². The summed E-state index contributed by atoms with van der Waals surface area (Å²) in [5.74, 6) is 5.04. The number of ether oxygens (including phenoxy) is 2. The number of hydrogen-bond donors (Lipinski definition) is 1. The lowest BCUT2D eigenvalue weighted by Crippen LogP contribution is -2.03. The van der Waals surface area contributed by atoms with Crippen LogP contribution in [0.5, 0.6) is 11.5 Å². The third-order valence-electron chi connectivity index (χ3n) is 3.05. The summed E-state index contributed by atoms with van der Waals surface area (Å²) < 4.78 is 10.8. The van der Waals surface area contributed by atoms with E-state index in [1.807, 2.05) is 18.2 Å². The lowest BCUT2D eigenvalue weighted by molar-refractivity contribution is 0.174. The van der Waals surface area contributed by atoms with E-state index in [4.69, 9.17) is 15.9 Å². The van der Waals surface area contributed by atoms with Crippen LogP contribution in [0, 0.1) is 12.3 Å². The summed E-state index contributed by atoms with van der Waals surface area (Å²) in [5, 5.41) is 5.43. The molecular formula is C15H14N2O2. The highest BCUT2D eigenvalue weighted by Gasteiger charge is 2.15. The molecular weight excluding hydrogens is 240 g/mol.